The molecule has 0 aromatic heterocycles. The molecule has 7 N–H and O–H groups in total. The molecular weight excluding hydrogens is 640 g/mol. The van der Waals surface area contributed by atoms with E-state index in [4.69, 9.17) is 34.2 Å². The minimum absolute atomic E-state index is 0.0950. The van der Waals surface area contributed by atoms with Crippen molar-refractivity contribution >= 4 is 5.97 Å². The highest BCUT2D eigenvalue weighted by Gasteiger charge is 2.52. The molecule has 0 spiro atoms. The third-order valence-corrected chi connectivity index (χ3v) is 11.5. The van der Waals surface area contributed by atoms with E-state index in [9.17, 15) is 30.3 Å². The Kier molecular flexibility index (Phi) is 14.5. The summed E-state index contributed by atoms with van der Waals surface area (Å²) in [6.07, 6.45) is -10.2. The van der Waals surface area contributed by atoms with E-state index in [2.05, 4.69) is 0 Å². The molecule has 49 heavy (non-hydrogen) atoms. The molecular formula is C35H66N2O12. The van der Waals surface area contributed by atoms with Crippen LogP contribution in [0.2, 0.25) is 0 Å². The molecule has 14 nitrogen and oxygen atoms in total. The number of ether oxygens (including phenoxy) is 6. The molecule has 3 aliphatic heterocycles. The Balaban J connectivity index is 2.13. The minimum atomic E-state index is -1.64. The van der Waals surface area contributed by atoms with Crippen molar-refractivity contribution in [1.82, 2.24) is 4.90 Å². The second-order valence-electron chi connectivity index (χ2n) is 15.9. The number of nitrogens with zero attached hydrogens (tertiary/aromatic N) is 1. The van der Waals surface area contributed by atoms with E-state index >= 15 is 0 Å². The summed E-state index contributed by atoms with van der Waals surface area (Å²) in [6.45, 7) is 15.4. The fraction of sp³-hybridized carbons (Fsp3) is 0.971. The number of carbonyl (C=O) groups is 1. The van der Waals surface area contributed by atoms with Gasteiger partial charge in [-0.2, -0.15) is 0 Å². The quantitative estimate of drug-likeness (QED) is 0.211. The average Bonchev–Trinajstić information content (AvgIpc) is 3.03. The fourth-order valence-corrected chi connectivity index (χ4v) is 8.01. The van der Waals surface area contributed by atoms with Crippen LogP contribution in [0.1, 0.15) is 81.6 Å². The number of hydrogen-bond donors (Lipinski definition) is 6. The molecule has 14 heteroatoms. The van der Waals surface area contributed by atoms with Crippen molar-refractivity contribution in [2.24, 2.45) is 29.4 Å². The van der Waals surface area contributed by atoms with Gasteiger partial charge in [0.15, 0.2) is 12.6 Å². The van der Waals surface area contributed by atoms with Crippen LogP contribution in [-0.2, 0) is 33.2 Å². The number of carbonyl (C=O) groups excluding carboxylic acids is 1. The van der Waals surface area contributed by atoms with Crippen molar-refractivity contribution in [3.63, 3.8) is 0 Å². The van der Waals surface area contributed by atoms with E-state index in [-0.39, 0.29) is 30.9 Å². The standard InChI is InChI=1S/C35H66N2O12/c1-16-14-34(8,43)31(49-33-28(40)23(37(10)11)13-17(2)45-33)19(4)29(48-24-15-35(9,44-12)30(41)22(7)46-24)20(5)32(42)47-21(6)27(39)26(38)18(3)25(16)36/h16-31,33,38-41,43H,13-15,36H2,1-12H3/t16-,17?,18+,19+,20-,21-,22?,23?,24?,25-,26-,27-,28?,29+,30?,31-,33?,34-,35?/m1/s1. The van der Waals surface area contributed by atoms with Crippen LogP contribution in [0.3, 0.4) is 0 Å². The number of cyclic esters (lactones) is 1. The van der Waals surface area contributed by atoms with Crippen LogP contribution in [-0.4, -0.2) is 148 Å². The Labute approximate surface area is 292 Å². The van der Waals surface area contributed by atoms with Crippen LogP contribution in [0.4, 0.5) is 0 Å². The highest BCUT2D eigenvalue weighted by molar-refractivity contribution is 5.73. The van der Waals surface area contributed by atoms with Crippen LogP contribution in [0.15, 0.2) is 0 Å². The van der Waals surface area contributed by atoms with Crippen LogP contribution in [0.25, 0.3) is 0 Å². The zero-order chi connectivity index (χ0) is 37.3. The number of likely N-dealkylation sites (N-methyl/N-ethyl adjacent to an activating group) is 1. The SMILES string of the molecule is COC1(C)CC(O[C@H]2[C@H](C)[C@@H](OC3OC(C)CC(N(C)C)C3O)[C@](C)(O)C[C@@H](C)[C@@H](N)[C@H](C)[C@@H](O)[C@H](O)[C@@H](C)OC(=O)[C@@H]2C)OC(C)C1O. The first-order chi connectivity index (χ1) is 22.6. The lowest BCUT2D eigenvalue weighted by atomic mass is 9.74. The van der Waals surface area contributed by atoms with Crippen LogP contribution < -0.4 is 5.73 Å². The lowest BCUT2D eigenvalue weighted by Gasteiger charge is -2.49. The van der Waals surface area contributed by atoms with Gasteiger partial charge in [-0.15, -0.1) is 0 Å². The molecule has 3 heterocycles. The first-order valence-corrected chi connectivity index (χ1v) is 17.8. The van der Waals surface area contributed by atoms with E-state index in [0.29, 0.717) is 6.42 Å². The summed E-state index contributed by atoms with van der Waals surface area (Å²) >= 11 is 0. The summed E-state index contributed by atoms with van der Waals surface area (Å²) in [4.78, 5) is 15.7. The zero-order valence-electron chi connectivity index (χ0n) is 31.6. The van der Waals surface area contributed by atoms with Gasteiger partial charge in [-0.05, 0) is 74.4 Å². The summed E-state index contributed by atoms with van der Waals surface area (Å²) in [5.74, 6) is -3.51. The van der Waals surface area contributed by atoms with Crippen molar-refractivity contribution in [3.8, 4) is 0 Å². The summed E-state index contributed by atoms with van der Waals surface area (Å²) in [7, 11) is 5.23. The Bertz CT molecular complexity index is 1070. The van der Waals surface area contributed by atoms with Gasteiger partial charge in [-0.25, -0.2) is 0 Å². The molecule has 3 saturated heterocycles. The zero-order valence-corrected chi connectivity index (χ0v) is 31.6. The molecule has 3 aliphatic rings. The predicted molar refractivity (Wildman–Crippen MR) is 180 cm³/mol. The van der Waals surface area contributed by atoms with Gasteiger partial charge in [-0.1, -0.05) is 20.8 Å². The van der Waals surface area contributed by atoms with Crippen LogP contribution >= 0.6 is 0 Å². The highest BCUT2D eigenvalue weighted by atomic mass is 16.7. The molecule has 19 atom stereocenters. The van der Waals surface area contributed by atoms with Gasteiger partial charge in [-0.3, -0.25) is 4.79 Å². The molecule has 288 valence electrons. The minimum Gasteiger partial charge on any atom is -0.460 e. The van der Waals surface area contributed by atoms with Gasteiger partial charge >= 0.3 is 5.97 Å². The Morgan fingerprint density at radius 1 is 0.857 bits per heavy atom. The second kappa shape index (κ2) is 16.8. The molecule has 0 aromatic rings. The van der Waals surface area contributed by atoms with Crippen molar-refractivity contribution in [2.75, 3.05) is 21.2 Å². The second-order valence-corrected chi connectivity index (χ2v) is 15.9. The molecule has 0 radical (unpaired) electrons. The van der Waals surface area contributed by atoms with E-state index in [1.54, 1.807) is 41.5 Å². The van der Waals surface area contributed by atoms with E-state index in [1.165, 1.54) is 14.0 Å². The number of hydrogen-bond acceptors (Lipinski definition) is 14. The van der Waals surface area contributed by atoms with Gasteiger partial charge in [0.1, 0.15) is 24.4 Å². The summed E-state index contributed by atoms with van der Waals surface area (Å²) in [6, 6.07) is -0.958. The number of nitrogens with two attached hydrogens (primary N) is 1. The molecule has 3 rings (SSSR count). The van der Waals surface area contributed by atoms with Crippen molar-refractivity contribution < 1.29 is 58.7 Å². The molecule has 3 fully saturated rings. The number of esters is 1. The smallest absolute Gasteiger partial charge is 0.311 e. The molecule has 8 unspecified atom stereocenters. The predicted octanol–water partition coefficient (Wildman–Crippen LogP) is 0.764. The van der Waals surface area contributed by atoms with Gasteiger partial charge < -0.3 is 64.6 Å². The number of aliphatic hydroxyl groups excluding tert-OH is 4. The van der Waals surface area contributed by atoms with Crippen molar-refractivity contribution in [3.05, 3.63) is 0 Å². The maximum atomic E-state index is 13.8. The number of aliphatic hydroxyl groups is 5. The Hall–Kier alpha value is -1.01. The lowest BCUT2D eigenvalue weighted by molar-refractivity contribution is -0.318. The topological polar surface area (TPSA) is 203 Å². The third kappa shape index (κ3) is 9.51. The van der Waals surface area contributed by atoms with Crippen LogP contribution in [0.5, 0.6) is 0 Å². The summed E-state index contributed by atoms with van der Waals surface area (Å²) in [5.41, 5.74) is 3.97. The molecule has 0 saturated carbocycles. The summed E-state index contributed by atoms with van der Waals surface area (Å²) < 4.78 is 36.9. The molecule has 0 aromatic carbocycles. The van der Waals surface area contributed by atoms with Gasteiger partial charge in [0.2, 0.25) is 0 Å². The Morgan fingerprint density at radius 2 is 1.47 bits per heavy atom. The number of methoxy groups -OCH3 is 1. The molecule has 0 bridgehead atoms. The molecule has 0 amide bonds. The lowest BCUT2D eigenvalue weighted by Crippen LogP contribution is -2.61. The number of rotatable bonds is 6. The Morgan fingerprint density at radius 3 is 2.04 bits per heavy atom. The van der Waals surface area contributed by atoms with Crippen LogP contribution in [0, 0.1) is 23.7 Å². The largest absolute Gasteiger partial charge is 0.460 e. The van der Waals surface area contributed by atoms with Crippen molar-refractivity contribution in [1.29, 1.82) is 0 Å². The highest BCUT2D eigenvalue weighted by Crippen LogP contribution is 2.40. The monoisotopic (exact) mass is 706 g/mol. The van der Waals surface area contributed by atoms with Gasteiger partial charge in [0, 0.05) is 37.5 Å². The van der Waals surface area contributed by atoms with E-state index in [0.717, 1.165) is 0 Å². The first kappa shape index (κ1) is 42.4. The summed E-state index contributed by atoms with van der Waals surface area (Å²) in [5, 5.41) is 56.8. The maximum Gasteiger partial charge on any atom is 0.311 e. The normalized spacial score (nSPS) is 51.2. The van der Waals surface area contributed by atoms with Crippen molar-refractivity contribution in [2.45, 2.75) is 172 Å². The third-order valence-electron chi connectivity index (χ3n) is 11.5. The maximum absolute atomic E-state index is 13.8. The average molecular weight is 707 g/mol. The van der Waals surface area contributed by atoms with E-state index in [1.807, 2.05) is 32.8 Å². The fourth-order valence-electron chi connectivity index (χ4n) is 8.01. The first-order valence-electron chi connectivity index (χ1n) is 17.8. The van der Waals surface area contributed by atoms with E-state index < -0.39 is 102 Å². The van der Waals surface area contributed by atoms with Gasteiger partial charge in [0.05, 0.1) is 47.6 Å². The van der Waals surface area contributed by atoms with Gasteiger partial charge in [0.25, 0.3) is 0 Å². The molecule has 0 aliphatic carbocycles.